The number of nitrogens with zero attached hydrogens (tertiary/aromatic N) is 4. The highest BCUT2D eigenvalue weighted by molar-refractivity contribution is 5.48. The number of non-ortho nitro benzene ring substituents is 1. The molecule has 1 saturated heterocycles. The van der Waals surface area contributed by atoms with Crippen molar-refractivity contribution in [2.24, 2.45) is 0 Å². The first-order chi connectivity index (χ1) is 15.0. The second-order valence-electron chi connectivity index (χ2n) is 7.38. The van der Waals surface area contributed by atoms with Crippen LogP contribution in [0.5, 0.6) is 11.5 Å². The number of nitro groups is 1. The molecule has 0 aromatic heterocycles. The highest BCUT2D eigenvalue weighted by Gasteiger charge is 2.56. The van der Waals surface area contributed by atoms with Gasteiger partial charge in [-0.3, -0.25) is 15.0 Å². The number of benzene rings is 2. The molecular formula is C22H20N4O5. The molecule has 2 unspecified atom stereocenters. The van der Waals surface area contributed by atoms with Crippen molar-refractivity contribution in [2.75, 3.05) is 13.3 Å². The summed E-state index contributed by atoms with van der Waals surface area (Å²) in [6.45, 7) is 2.74. The Balaban J connectivity index is 1.79. The second kappa shape index (κ2) is 8.23. The Kier molecular flexibility index (Phi) is 5.47. The van der Waals surface area contributed by atoms with Crippen LogP contribution in [0.15, 0.2) is 42.5 Å². The van der Waals surface area contributed by atoms with Crippen molar-refractivity contribution in [1.82, 2.24) is 4.90 Å². The SMILES string of the molecule is CCCCN1C(c2ccc([N+](=O)[O-])cc2)OC(C#N)(C#N)C1c1ccc2c(c1)OCO2. The van der Waals surface area contributed by atoms with Crippen molar-refractivity contribution in [1.29, 1.82) is 10.5 Å². The van der Waals surface area contributed by atoms with Crippen LogP contribution < -0.4 is 9.47 Å². The van der Waals surface area contributed by atoms with Gasteiger partial charge in [-0.25, -0.2) is 0 Å². The molecule has 1 fully saturated rings. The number of nitro benzene ring substituents is 1. The molecule has 0 spiro atoms. The van der Waals surface area contributed by atoms with E-state index in [0.717, 1.165) is 12.8 Å². The molecule has 9 heteroatoms. The second-order valence-corrected chi connectivity index (χ2v) is 7.38. The van der Waals surface area contributed by atoms with E-state index in [1.807, 2.05) is 11.0 Å². The van der Waals surface area contributed by atoms with Crippen LogP contribution in [-0.2, 0) is 4.74 Å². The zero-order chi connectivity index (χ0) is 22.0. The van der Waals surface area contributed by atoms with Crippen molar-refractivity contribution >= 4 is 5.69 Å². The lowest BCUT2D eigenvalue weighted by atomic mass is 9.90. The van der Waals surface area contributed by atoms with Crippen LogP contribution in [0.1, 0.15) is 43.2 Å². The fraction of sp³-hybridized carbons (Fsp3) is 0.364. The molecule has 2 atom stereocenters. The van der Waals surface area contributed by atoms with Gasteiger partial charge in [-0.1, -0.05) is 19.4 Å². The Labute approximate surface area is 179 Å². The topological polar surface area (TPSA) is 122 Å². The van der Waals surface area contributed by atoms with E-state index in [-0.39, 0.29) is 12.5 Å². The van der Waals surface area contributed by atoms with E-state index in [1.165, 1.54) is 12.1 Å². The molecule has 4 rings (SSSR count). The van der Waals surface area contributed by atoms with Crippen LogP contribution in [0.2, 0.25) is 0 Å². The Morgan fingerprint density at radius 1 is 1.13 bits per heavy atom. The summed E-state index contributed by atoms with van der Waals surface area (Å²) in [5.41, 5.74) is -0.456. The average Bonchev–Trinajstić information content (AvgIpc) is 3.39. The summed E-state index contributed by atoms with van der Waals surface area (Å²) in [5.74, 6) is 1.16. The summed E-state index contributed by atoms with van der Waals surface area (Å²) in [6.07, 6.45) is 1.02. The van der Waals surface area contributed by atoms with Crippen LogP contribution in [0.25, 0.3) is 0 Å². The van der Waals surface area contributed by atoms with E-state index in [9.17, 15) is 20.6 Å². The minimum absolute atomic E-state index is 0.0407. The summed E-state index contributed by atoms with van der Waals surface area (Å²) in [5, 5.41) is 31.0. The zero-order valence-corrected chi connectivity index (χ0v) is 16.9. The van der Waals surface area contributed by atoms with Crippen LogP contribution in [0.3, 0.4) is 0 Å². The Bertz CT molecular complexity index is 1060. The third-order valence-corrected chi connectivity index (χ3v) is 5.52. The molecule has 2 aromatic rings. The van der Waals surface area contributed by atoms with E-state index in [0.29, 0.717) is 29.2 Å². The molecule has 0 aliphatic carbocycles. The molecule has 0 N–H and O–H groups in total. The molecule has 2 aliphatic heterocycles. The normalized spacial score (nSPS) is 21.4. The predicted molar refractivity (Wildman–Crippen MR) is 108 cm³/mol. The van der Waals surface area contributed by atoms with Gasteiger partial charge in [0.1, 0.15) is 18.4 Å². The molecule has 9 nitrogen and oxygen atoms in total. The molecule has 158 valence electrons. The molecule has 2 heterocycles. The molecule has 0 bridgehead atoms. The lowest BCUT2D eigenvalue weighted by Crippen LogP contribution is -2.36. The van der Waals surface area contributed by atoms with Crippen LogP contribution in [-0.4, -0.2) is 28.8 Å². The van der Waals surface area contributed by atoms with Crippen LogP contribution in [0.4, 0.5) is 5.69 Å². The van der Waals surface area contributed by atoms with Crippen molar-refractivity contribution in [3.8, 4) is 23.6 Å². The van der Waals surface area contributed by atoms with Gasteiger partial charge >= 0.3 is 0 Å². The summed E-state index contributed by atoms with van der Waals surface area (Å²) < 4.78 is 17.0. The van der Waals surface area contributed by atoms with Crippen LogP contribution >= 0.6 is 0 Å². The maximum Gasteiger partial charge on any atom is 0.269 e. The Hall–Kier alpha value is -3.66. The smallest absolute Gasteiger partial charge is 0.269 e. The molecule has 0 saturated carbocycles. The number of hydrogen-bond acceptors (Lipinski definition) is 8. The summed E-state index contributed by atoms with van der Waals surface area (Å²) in [7, 11) is 0. The number of hydrogen-bond donors (Lipinski definition) is 0. The first-order valence-corrected chi connectivity index (χ1v) is 9.93. The van der Waals surface area contributed by atoms with Gasteiger partial charge in [0.2, 0.25) is 6.79 Å². The molecule has 2 aliphatic rings. The van der Waals surface area contributed by atoms with Gasteiger partial charge in [-0.05, 0) is 41.8 Å². The molecular weight excluding hydrogens is 400 g/mol. The Morgan fingerprint density at radius 2 is 1.81 bits per heavy atom. The standard InChI is InChI=1S/C22H20N4O5/c1-2-3-10-25-20(16-6-9-18-19(11-16)30-14-29-18)22(12-23,13-24)31-21(25)15-4-7-17(8-5-15)26(27)28/h4-9,11,20-21H,2-3,10,14H2,1H3. The fourth-order valence-electron chi connectivity index (χ4n) is 3.99. The maximum atomic E-state index is 11.0. The van der Waals surface area contributed by atoms with Gasteiger partial charge in [0.25, 0.3) is 11.3 Å². The number of nitriles is 2. The van der Waals surface area contributed by atoms with Gasteiger partial charge in [-0.15, -0.1) is 0 Å². The van der Waals surface area contributed by atoms with Crippen molar-refractivity contribution in [3.63, 3.8) is 0 Å². The minimum atomic E-state index is -1.76. The highest BCUT2D eigenvalue weighted by Crippen LogP contribution is 2.50. The van der Waals surface area contributed by atoms with Gasteiger partial charge in [0.15, 0.2) is 11.5 Å². The van der Waals surface area contributed by atoms with E-state index in [1.54, 1.807) is 24.3 Å². The summed E-state index contributed by atoms with van der Waals surface area (Å²) in [6, 6.07) is 14.8. The fourth-order valence-corrected chi connectivity index (χ4v) is 3.99. The van der Waals surface area contributed by atoms with Gasteiger partial charge in [0.05, 0.1) is 11.0 Å². The highest BCUT2D eigenvalue weighted by atomic mass is 16.7. The summed E-state index contributed by atoms with van der Waals surface area (Å²) in [4.78, 5) is 12.5. The van der Waals surface area contributed by atoms with Gasteiger partial charge in [-0.2, -0.15) is 10.5 Å². The number of rotatable bonds is 6. The zero-order valence-electron chi connectivity index (χ0n) is 16.9. The van der Waals surface area contributed by atoms with E-state index < -0.39 is 22.8 Å². The molecule has 2 aromatic carbocycles. The summed E-state index contributed by atoms with van der Waals surface area (Å²) >= 11 is 0. The number of unbranched alkanes of at least 4 members (excludes halogenated alkanes) is 1. The molecule has 31 heavy (non-hydrogen) atoms. The van der Waals surface area contributed by atoms with Crippen molar-refractivity contribution in [3.05, 3.63) is 63.7 Å². The monoisotopic (exact) mass is 420 g/mol. The lowest BCUT2D eigenvalue weighted by Gasteiger charge is -2.29. The maximum absolute atomic E-state index is 11.0. The first-order valence-electron chi connectivity index (χ1n) is 9.93. The largest absolute Gasteiger partial charge is 0.454 e. The third kappa shape index (κ3) is 3.55. The third-order valence-electron chi connectivity index (χ3n) is 5.52. The quantitative estimate of drug-likeness (QED) is 0.508. The average molecular weight is 420 g/mol. The van der Waals surface area contributed by atoms with Crippen molar-refractivity contribution < 1.29 is 19.1 Å². The molecule has 0 radical (unpaired) electrons. The van der Waals surface area contributed by atoms with Crippen molar-refractivity contribution in [2.45, 2.75) is 37.6 Å². The number of fused-ring (bicyclic) bond motifs is 1. The van der Waals surface area contributed by atoms with E-state index in [2.05, 4.69) is 19.1 Å². The van der Waals surface area contributed by atoms with Gasteiger partial charge < -0.3 is 14.2 Å². The number of ether oxygens (including phenoxy) is 3. The predicted octanol–water partition coefficient (Wildman–Crippen LogP) is 3.98. The van der Waals surface area contributed by atoms with Crippen LogP contribution in [0, 0.1) is 32.8 Å². The lowest BCUT2D eigenvalue weighted by molar-refractivity contribution is -0.384. The molecule has 0 amide bonds. The van der Waals surface area contributed by atoms with E-state index in [4.69, 9.17) is 14.2 Å². The Morgan fingerprint density at radius 3 is 2.45 bits per heavy atom. The van der Waals surface area contributed by atoms with E-state index >= 15 is 0 Å². The minimum Gasteiger partial charge on any atom is -0.454 e. The first kappa shape index (κ1) is 20.6. The van der Waals surface area contributed by atoms with Gasteiger partial charge in [0, 0.05) is 18.7 Å².